The molecule has 4 nitrogen and oxygen atoms in total. The van der Waals surface area contributed by atoms with Gasteiger partial charge in [0.15, 0.2) is 17.4 Å². The summed E-state index contributed by atoms with van der Waals surface area (Å²) in [7, 11) is -4.67. The zero-order valence-electron chi connectivity index (χ0n) is 3.03. The Balaban J connectivity index is -0.0000000267. The van der Waals surface area contributed by atoms with Gasteiger partial charge in [-0.15, -0.1) is 0 Å². The molecule has 8 heteroatoms. The largest absolute Gasteiger partial charge is 0.394 e. The van der Waals surface area contributed by atoms with E-state index in [1.807, 2.05) is 0 Å². The average molecular weight is 271 g/mol. The van der Waals surface area contributed by atoms with Crippen molar-refractivity contribution in [2.24, 2.45) is 0 Å². The van der Waals surface area contributed by atoms with Crippen molar-refractivity contribution in [3.05, 3.63) is 0 Å². The summed E-state index contributed by atoms with van der Waals surface area (Å²) in [6.45, 7) is 0. The summed E-state index contributed by atoms with van der Waals surface area (Å²) < 4.78 is 31.6. The van der Waals surface area contributed by atoms with Gasteiger partial charge in [0.25, 0.3) is 0 Å². The minimum Gasteiger partial charge on any atom is -0.264 e. The average Bonchev–Trinajstić information content (AvgIpc) is 0.722. The minimum atomic E-state index is -4.67. The summed E-state index contributed by atoms with van der Waals surface area (Å²) in [5, 5.41) is 0. The van der Waals surface area contributed by atoms with Gasteiger partial charge in [-0.3, -0.25) is 9.11 Å². The van der Waals surface area contributed by atoms with Crippen molar-refractivity contribution in [3.63, 3.8) is 0 Å². The van der Waals surface area contributed by atoms with E-state index in [0.717, 1.165) is 0 Å². The molecule has 0 aromatic carbocycles. The molecule has 8 heavy (non-hydrogen) atoms. The summed E-state index contributed by atoms with van der Waals surface area (Å²) in [5.74, 6) is 0. The van der Waals surface area contributed by atoms with Crippen LogP contribution in [0.5, 0.6) is 0 Å². The smallest absolute Gasteiger partial charge is 0.264 e. The van der Waals surface area contributed by atoms with Gasteiger partial charge in [-0.1, -0.05) is 0 Å². The molecule has 0 saturated carbocycles. The molecule has 0 heterocycles. The first kappa shape index (κ1) is 22.6. The first-order valence-electron chi connectivity index (χ1n) is 0.698. The van der Waals surface area contributed by atoms with E-state index < -0.39 is 10.4 Å². The fraction of sp³-hybridized carbons (Fsp3) is 0. The van der Waals surface area contributed by atoms with Crippen LogP contribution in [0.4, 0.5) is 0 Å². The Morgan fingerprint density at radius 2 is 1.12 bits per heavy atom. The normalized spacial score (nSPS) is 7.25. The van der Waals surface area contributed by atoms with Crippen LogP contribution in [0.3, 0.4) is 0 Å². The van der Waals surface area contributed by atoms with E-state index in [0.29, 0.717) is 0 Å². The van der Waals surface area contributed by atoms with Crippen molar-refractivity contribution in [1.82, 2.24) is 0 Å². The Labute approximate surface area is 88.0 Å². The van der Waals surface area contributed by atoms with Gasteiger partial charge in [0.1, 0.15) is 0 Å². The zero-order chi connectivity index (χ0) is 4.50. The second-order valence-electron chi connectivity index (χ2n) is 0.448. The van der Waals surface area contributed by atoms with Crippen molar-refractivity contribution >= 4 is 27.8 Å². The molecule has 48 valence electrons. The Hall–Kier alpha value is 1.82. The molecule has 0 spiro atoms. The molecular weight excluding hydrogens is 266 g/mol. The van der Waals surface area contributed by atoms with E-state index in [1.54, 1.807) is 0 Å². The van der Waals surface area contributed by atoms with Gasteiger partial charge in [-0.2, -0.15) is 8.42 Å². The van der Waals surface area contributed by atoms with Crippen molar-refractivity contribution in [1.29, 1.82) is 0 Å². The summed E-state index contributed by atoms with van der Waals surface area (Å²) in [4.78, 5) is 0. The Bertz CT molecular complexity index is 99.2. The van der Waals surface area contributed by atoms with Crippen LogP contribution in [-0.4, -0.2) is 34.9 Å². The quantitative estimate of drug-likeness (QED) is 0.401. The third-order valence-electron chi connectivity index (χ3n) is 0. The van der Waals surface area contributed by atoms with E-state index in [4.69, 9.17) is 17.5 Å². The predicted octanol–water partition coefficient (Wildman–Crippen LogP) is -1.84. The third kappa shape index (κ3) is 110. The molecule has 0 amide bonds. The summed E-state index contributed by atoms with van der Waals surface area (Å²) in [6, 6.07) is 0. The second-order valence-corrected chi connectivity index (χ2v) is 1.34. The van der Waals surface area contributed by atoms with Crippen molar-refractivity contribution < 1.29 is 61.1 Å². The van der Waals surface area contributed by atoms with Crippen LogP contribution >= 0.6 is 0 Å². The fourth-order valence-electron chi connectivity index (χ4n) is 0. The van der Waals surface area contributed by atoms with E-state index in [2.05, 4.69) is 0 Å². The van der Waals surface area contributed by atoms with E-state index in [-0.39, 0.29) is 60.9 Å². The molecule has 0 unspecified atom stereocenters. The Morgan fingerprint density at radius 1 is 1.12 bits per heavy atom. The molecule has 0 aromatic rings. The molecule has 2 N–H and O–H groups in total. The molecule has 0 saturated heterocycles. The van der Waals surface area contributed by atoms with Crippen molar-refractivity contribution in [2.45, 2.75) is 0 Å². The molecular formula is H5AlCrO4SZr. The maximum absolute atomic E-state index is 8.74. The SMILES string of the molecule is O=S(=O)(O)O.[AlH3].[Cr].[Zr]. The van der Waals surface area contributed by atoms with E-state index >= 15 is 0 Å². The maximum atomic E-state index is 8.74. The van der Waals surface area contributed by atoms with Gasteiger partial charge >= 0.3 is 10.4 Å². The molecule has 0 rings (SSSR count). The van der Waals surface area contributed by atoms with Crippen molar-refractivity contribution in [3.8, 4) is 0 Å². The van der Waals surface area contributed by atoms with E-state index in [1.165, 1.54) is 0 Å². The number of hydrogen-bond donors (Lipinski definition) is 2. The number of rotatable bonds is 0. The van der Waals surface area contributed by atoms with Gasteiger partial charge in [-0.05, 0) is 0 Å². The van der Waals surface area contributed by atoms with Crippen LogP contribution in [0, 0.1) is 0 Å². The van der Waals surface area contributed by atoms with Crippen LogP contribution in [-0.2, 0) is 54.0 Å². The summed E-state index contributed by atoms with van der Waals surface area (Å²) >= 11 is 0. The van der Waals surface area contributed by atoms with Crippen LogP contribution < -0.4 is 0 Å². The number of hydrogen-bond acceptors (Lipinski definition) is 2. The van der Waals surface area contributed by atoms with Crippen LogP contribution in [0.25, 0.3) is 0 Å². The standard InChI is InChI=1S/Al.Cr.H2O4S.Zr.3H/c;;1-5(2,3)4;;;;/h;;(H2,1,2,3,4);;;;. The second kappa shape index (κ2) is 8.82. The van der Waals surface area contributed by atoms with E-state index in [9.17, 15) is 0 Å². The van der Waals surface area contributed by atoms with Gasteiger partial charge in [0.05, 0.1) is 0 Å². The van der Waals surface area contributed by atoms with Gasteiger partial charge in [-0.25, -0.2) is 0 Å². The molecule has 0 bridgehead atoms. The van der Waals surface area contributed by atoms with Gasteiger partial charge in [0, 0.05) is 43.6 Å². The Morgan fingerprint density at radius 3 is 1.12 bits per heavy atom. The topological polar surface area (TPSA) is 74.6 Å². The molecule has 0 radical (unpaired) electrons. The van der Waals surface area contributed by atoms with Gasteiger partial charge in [0.2, 0.25) is 0 Å². The van der Waals surface area contributed by atoms with Crippen LogP contribution in [0.15, 0.2) is 0 Å². The monoisotopic (exact) mass is 270 g/mol. The molecule has 0 aliphatic carbocycles. The molecule has 0 aliphatic heterocycles. The molecule has 0 aromatic heterocycles. The van der Waals surface area contributed by atoms with Crippen molar-refractivity contribution in [2.75, 3.05) is 0 Å². The first-order valence-corrected chi connectivity index (χ1v) is 2.10. The summed E-state index contributed by atoms with van der Waals surface area (Å²) in [6.07, 6.45) is 0. The zero-order valence-corrected chi connectivity index (χ0v) is 7.58. The predicted molar refractivity (Wildman–Crippen MR) is 24.1 cm³/mol. The van der Waals surface area contributed by atoms with Gasteiger partial charge < -0.3 is 0 Å². The third-order valence-corrected chi connectivity index (χ3v) is 0. The molecule has 0 atom stereocenters. The first-order chi connectivity index (χ1) is 2.00. The molecule has 0 fully saturated rings. The molecule has 0 aliphatic rings. The maximum Gasteiger partial charge on any atom is 0.394 e. The Kier molecular flexibility index (Phi) is 24.9. The van der Waals surface area contributed by atoms with Crippen LogP contribution in [0.1, 0.15) is 0 Å². The fourth-order valence-corrected chi connectivity index (χ4v) is 0. The summed E-state index contributed by atoms with van der Waals surface area (Å²) in [5.41, 5.74) is 0. The minimum absolute atomic E-state index is 0. The van der Waals surface area contributed by atoms with Crippen LogP contribution in [0.2, 0.25) is 0 Å².